The van der Waals surface area contributed by atoms with Crippen LogP contribution < -0.4 is 0 Å². The van der Waals surface area contributed by atoms with E-state index < -0.39 is 0 Å². The number of thiophene rings is 1. The van der Waals surface area contributed by atoms with E-state index in [9.17, 15) is 0 Å². The highest BCUT2D eigenvalue weighted by molar-refractivity contribution is 7.12. The van der Waals surface area contributed by atoms with Crippen LogP contribution in [0.2, 0.25) is 0 Å². The molecule has 2 heteroatoms. The van der Waals surface area contributed by atoms with Crippen molar-refractivity contribution in [3.05, 3.63) is 56.3 Å². The number of halogens is 1. The van der Waals surface area contributed by atoms with E-state index in [1.165, 1.54) is 32.0 Å². The van der Waals surface area contributed by atoms with Crippen LogP contribution in [-0.4, -0.2) is 0 Å². The summed E-state index contributed by atoms with van der Waals surface area (Å²) < 4.78 is 0. The average Bonchev–Trinajstić information content (AvgIpc) is 2.65. The van der Waals surface area contributed by atoms with E-state index >= 15 is 0 Å². The molecule has 0 aliphatic heterocycles. The standard InChI is InChI=1S/C16H19ClS/c1-10-5-6-14(7-11(10)2)9-15(17)16-8-12(3)13(4)18-16/h5-8,15H,9H2,1-4H3. The van der Waals surface area contributed by atoms with E-state index in [-0.39, 0.29) is 5.38 Å². The normalized spacial score (nSPS) is 12.7. The lowest BCUT2D eigenvalue weighted by Gasteiger charge is -2.09. The third-order valence-corrected chi connectivity index (χ3v) is 5.27. The quantitative estimate of drug-likeness (QED) is 0.650. The van der Waals surface area contributed by atoms with E-state index in [2.05, 4.69) is 52.0 Å². The Morgan fingerprint density at radius 2 is 1.72 bits per heavy atom. The number of hydrogen-bond acceptors (Lipinski definition) is 1. The van der Waals surface area contributed by atoms with Crippen LogP contribution >= 0.6 is 22.9 Å². The van der Waals surface area contributed by atoms with Gasteiger partial charge < -0.3 is 0 Å². The molecule has 0 amide bonds. The molecular formula is C16H19ClS. The van der Waals surface area contributed by atoms with Crippen molar-refractivity contribution in [2.45, 2.75) is 39.5 Å². The second kappa shape index (κ2) is 5.46. The van der Waals surface area contributed by atoms with E-state index in [0.717, 1.165) is 6.42 Å². The van der Waals surface area contributed by atoms with E-state index in [1.54, 1.807) is 0 Å². The lowest BCUT2D eigenvalue weighted by molar-refractivity contribution is 0.936. The largest absolute Gasteiger partial charge is 0.144 e. The maximum atomic E-state index is 6.53. The summed E-state index contributed by atoms with van der Waals surface area (Å²) >= 11 is 8.35. The van der Waals surface area contributed by atoms with Gasteiger partial charge in [0.25, 0.3) is 0 Å². The molecule has 2 rings (SSSR count). The summed E-state index contributed by atoms with van der Waals surface area (Å²) in [6.45, 7) is 8.60. The van der Waals surface area contributed by atoms with Crippen LogP contribution in [0.5, 0.6) is 0 Å². The van der Waals surface area contributed by atoms with Crippen molar-refractivity contribution >= 4 is 22.9 Å². The summed E-state index contributed by atoms with van der Waals surface area (Å²) in [7, 11) is 0. The van der Waals surface area contributed by atoms with Gasteiger partial charge in [-0.3, -0.25) is 0 Å². The first kappa shape index (κ1) is 13.6. The average molecular weight is 279 g/mol. The van der Waals surface area contributed by atoms with Gasteiger partial charge in [0.05, 0.1) is 5.38 Å². The van der Waals surface area contributed by atoms with Gasteiger partial charge >= 0.3 is 0 Å². The highest BCUT2D eigenvalue weighted by Gasteiger charge is 2.13. The summed E-state index contributed by atoms with van der Waals surface area (Å²) in [5, 5.41) is 0.0875. The Morgan fingerprint density at radius 3 is 2.28 bits per heavy atom. The van der Waals surface area contributed by atoms with Gasteiger partial charge in [0.1, 0.15) is 0 Å². The van der Waals surface area contributed by atoms with E-state index in [4.69, 9.17) is 11.6 Å². The first-order valence-electron chi connectivity index (χ1n) is 6.24. The number of benzene rings is 1. The summed E-state index contributed by atoms with van der Waals surface area (Å²) in [6, 6.07) is 8.83. The van der Waals surface area contributed by atoms with Gasteiger partial charge in [0.15, 0.2) is 0 Å². The molecule has 0 spiro atoms. The minimum Gasteiger partial charge on any atom is -0.144 e. The lowest BCUT2D eigenvalue weighted by Crippen LogP contribution is -1.94. The topological polar surface area (TPSA) is 0 Å². The minimum absolute atomic E-state index is 0.0875. The van der Waals surface area contributed by atoms with E-state index in [0.29, 0.717) is 0 Å². The fourth-order valence-electron chi connectivity index (χ4n) is 1.99. The number of rotatable bonds is 3. The number of alkyl halides is 1. The van der Waals surface area contributed by atoms with Gasteiger partial charge in [-0.1, -0.05) is 18.2 Å². The van der Waals surface area contributed by atoms with Crippen LogP contribution in [-0.2, 0) is 6.42 Å². The van der Waals surface area contributed by atoms with Crippen LogP contribution in [0.4, 0.5) is 0 Å². The van der Waals surface area contributed by atoms with Crippen molar-refractivity contribution < 1.29 is 0 Å². The molecule has 1 aromatic heterocycles. The number of aryl methyl sites for hydroxylation is 4. The van der Waals surface area contributed by atoms with Crippen molar-refractivity contribution in [1.82, 2.24) is 0 Å². The molecule has 18 heavy (non-hydrogen) atoms. The first-order chi connectivity index (χ1) is 8.47. The molecule has 0 aliphatic carbocycles. The van der Waals surface area contributed by atoms with Crippen LogP contribution in [0, 0.1) is 27.7 Å². The fourth-order valence-corrected chi connectivity index (χ4v) is 3.39. The SMILES string of the molecule is Cc1ccc(CC(Cl)c2cc(C)c(C)s2)cc1C. The van der Waals surface area contributed by atoms with Crippen LogP contribution in [0.25, 0.3) is 0 Å². The van der Waals surface area contributed by atoms with Crippen molar-refractivity contribution in [2.24, 2.45) is 0 Å². The monoisotopic (exact) mass is 278 g/mol. The maximum Gasteiger partial charge on any atom is 0.0719 e. The van der Waals surface area contributed by atoms with Gasteiger partial charge in [-0.05, 0) is 62.4 Å². The summed E-state index contributed by atoms with van der Waals surface area (Å²) in [4.78, 5) is 2.65. The molecule has 96 valence electrons. The van der Waals surface area contributed by atoms with Gasteiger partial charge in [-0.15, -0.1) is 22.9 Å². The molecule has 1 aromatic carbocycles. The minimum atomic E-state index is 0.0875. The fraction of sp³-hybridized carbons (Fsp3) is 0.375. The van der Waals surface area contributed by atoms with Crippen molar-refractivity contribution in [3.63, 3.8) is 0 Å². The first-order valence-corrected chi connectivity index (χ1v) is 7.50. The molecule has 2 aromatic rings. The van der Waals surface area contributed by atoms with Crippen LogP contribution in [0.1, 0.15) is 37.4 Å². The third-order valence-electron chi connectivity index (χ3n) is 3.48. The predicted octanol–water partition coefficient (Wildman–Crippen LogP) is 5.50. The highest BCUT2D eigenvalue weighted by Crippen LogP contribution is 2.33. The van der Waals surface area contributed by atoms with Gasteiger partial charge in [0, 0.05) is 9.75 Å². The Hall–Kier alpha value is -0.790. The molecule has 1 atom stereocenters. The molecule has 1 unspecified atom stereocenters. The molecule has 0 N–H and O–H groups in total. The van der Waals surface area contributed by atoms with E-state index in [1.807, 2.05) is 11.3 Å². The Kier molecular flexibility index (Phi) is 4.14. The molecule has 0 bridgehead atoms. The Labute approximate surface area is 119 Å². The second-order valence-corrected chi connectivity index (χ2v) is 6.79. The van der Waals surface area contributed by atoms with Crippen LogP contribution in [0.15, 0.2) is 24.3 Å². The Balaban J connectivity index is 2.15. The zero-order valence-electron chi connectivity index (χ0n) is 11.4. The van der Waals surface area contributed by atoms with Crippen molar-refractivity contribution in [2.75, 3.05) is 0 Å². The lowest BCUT2D eigenvalue weighted by atomic mass is 10.0. The molecule has 1 heterocycles. The Morgan fingerprint density at radius 1 is 1.00 bits per heavy atom. The maximum absolute atomic E-state index is 6.53. The van der Waals surface area contributed by atoms with Gasteiger partial charge in [-0.25, -0.2) is 0 Å². The summed E-state index contributed by atoms with van der Waals surface area (Å²) in [6.07, 6.45) is 0.905. The van der Waals surface area contributed by atoms with Crippen molar-refractivity contribution in [3.8, 4) is 0 Å². The van der Waals surface area contributed by atoms with Gasteiger partial charge in [-0.2, -0.15) is 0 Å². The third kappa shape index (κ3) is 2.96. The molecular weight excluding hydrogens is 260 g/mol. The zero-order chi connectivity index (χ0) is 13.3. The van der Waals surface area contributed by atoms with Crippen molar-refractivity contribution in [1.29, 1.82) is 0 Å². The summed E-state index contributed by atoms with van der Waals surface area (Å²) in [5.74, 6) is 0. The summed E-state index contributed by atoms with van der Waals surface area (Å²) in [5.41, 5.74) is 5.35. The highest BCUT2D eigenvalue weighted by atomic mass is 35.5. The Bertz CT molecular complexity index is 535. The molecule has 0 aliphatic rings. The molecule has 0 nitrogen and oxygen atoms in total. The smallest absolute Gasteiger partial charge is 0.0719 e. The predicted molar refractivity (Wildman–Crippen MR) is 82.0 cm³/mol. The number of hydrogen-bond donors (Lipinski definition) is 0. The molecule has 0 fully saturated rings. The van der Waals surface area contributed by atoms with Crippen LogP contribution in [0.3, 0.4) is 0 Å². The molecule has 0 radical (unpaired) electrons. The molecule has 0 saturated heterocycles. The van der Waals surface area contributed by atoms with Gasteiger partial charge in [0.2, 0.25) is 0 Å². The zero-order valence-corrected chi connectivity index (χ0v) is 13.0. The second-order valence-electron chi connectivity index (χ2n) is 4.98. The molecule has 0 saturated carbocycles.